The summed E-state index contributed by atoms with van der Waals surface area (Å²) in [6, 6.07) is 1.67. The second-order valence-electron chi connectivity index (χ2n) is 6.26. The molecule has 2 fully saturated rings. The van der Waals surface area contributed by atoms with Gasteiger partial charge < -0.3 is 10.2 Å². The van der Waals surface area contributed by atoms with Crippen molar-refractivity contribution in [2.75, 3.05) is 19.6 Å². The maximum Gasteiger partial charge on any atom is 0.0107 e. The highest BCUT2D eigenvalue weighted by Crippen LogP contribution is 2.28. The molecule has 2 heteroatoms. The molecular weight excluding hydrogens is 220 g/mol. The van der Waals surface area contributed by atoms with Gasteiger partial charge in [0.1, 0.15) is 0 Å². The Morgan fingerprint density at radius 3 is 2.61 bits per heavy atom. The summed E-state index contributed by atoms with van der Waals surface area (Å²) in [6.45, 7) is 8.47. The molecule has 2 nitrogen and oxygen atoms in total. The maximum absolute atomic E-state index is 3.75. The summed E-state index contributed by atoms with van der Waals surface area (Å²) in [7, 11) is 0. The van der Waals surface area contributed by atoms with Crippen molar-refractivity contribution in [2.45, 2.75) is 77.3 Å². The second-order valence-corrected chi connectivity index (χ2v) is 6.26. The van der Waals surface area contributed by atoms with Crippen molar-refractivity contribution >= 4 is 0 Å². The van der Waals surface area contributed by atoms with Crippen molar-refractivity contribution in [3.8, 4) is 0 Å². The fourth-order valence-corrected chi connectivity index (χ4v) is 4.03. The summed E-state index contributed by atoms with van der Waals surface area (Å²) in [5.74, 6) is 0.902. The van der Waals surface area contributed by atoms with Gasteiger partial charge in [-0.1, -0.05) is 33.1 Å². The number of rotatable bonds is 5. The molecular formula is C16H32N2. The van der Waals surface area contributed by atoms with Crippen LogP contribution in [0.4, 0.5) is 0 Å². The van der Waals surface area contributed by atoms with Gasteiger partial charge in [0.2, 0.25) is 0 Å². The predicted molar refractivity (Wildman–Crippen MR) is 78.9 cm³/mol. The van der Waals surface area contributed by atoms with E-state index in [-0.39, 0.29) is 0 Å². The SMILES string of the molecule is CCNC1CCCCCC1CN1CCCC1CC. The molecule has 1 saturated heterocycles. The predicted octanol–water partition coefficient (Wildman–Crippen LogP) is 3.42. The lowest BCUT2D eigenvalue weighted by atomic mass is 9.93. The van der Waals surface area contributed by atoms with Gasteiger partial charge in [-0.15, -0.1) is 0 Å². The molecule has 3 unspecified atom stereocenters. The van der Waals surface area contributed by atoms with Crippen LogP contribution in [0.15, 0.2) is 0 Å². The van der Waals surface area contributed by atoms with Gasteiger partial charge >= 0.3 is 0 Å². The van der Waals surface area contributed by atoms with Crippen LogP contribution in [-0.4, -0.2) is 36.6 Å². The fourth-order valence-electron chi connectivity index (χ4n) is 4.03. The van der Waals surface area contributed by atoms with Crippen LogP contribution in [0.3, 0.4) is 0 Å². The zero-order valence-corrected chi connectivity index (χ0v) is 12.5. The Hall–Kier alpha value is -0.0800. The lowest BCUT2D eigenvalue weighted by molar-refractivity contribution is 0.179. The summed E-state index contributed by atoms with van der Waals surface area (Å²) >= 11 is 0. The second kappa shape index (κ2) is 7.49. The Kier molecular flexibility index (Phi) is 5.97. The van der Waals surface area contributed by atoms with E-state index >= 15 is 0 Å². The number of nitrogens with zero attached hydrogens (tertiary/aromatic N) is 1. The molecule has 18 heavy (non-hydrogen) atoms. The molecule has 0 bridgehead atoms. The molecule has 0 aromatic rings. The Labute approximate surface area is 114 Å². The summed E-state index contributed by atoms with van der Waals surface area (Å²) in [4.78, 5) is 2.79. The molecule has 0 radical (unpaired) electrons. The summed E-state index contributed by atoms with van der Waals surface area (Å²) in [6.07, 6.45) is 11.4. The van der Waals surface area contributed by atoms with Crippen LogP contribution in [0.25, 0.3) is 0 Å². The van der Waals surface area contributed by atoms with Gasteiger partial charge in [-0.3, -0.25) is 0 Å². The van der Waals surface area contributed by atoms with E-state index in [9.17, 15) is 0 Å². The van der Waals surface area contributed by atoms with Gasteiger partial charge in [-0.05, 0) is 51.1 Å². The molecule has 0 aromatic heterocycles. The van der Waals surface area contributed by atoms with Crippen molar-refractivity contribution in [1.82, 2.24) is 10.2 Å². The minimum atomic E-state index is 0.788. The third-order valence-corrected chi connectivity index (χ3v) is 5.06. The molecule has 0 aromatic carbocycles. The van der Waals surface area contributed by atoms with Crippen molar-refractivity contribution in [3.05, 3.63) is 0 Å². The first kappa shape index (κ1) is 14.3. The minimum Gasteiger partial charge on any atom is -0.314 e. The highest BCUT2D eigenvalue weighted by molar-refractivity contribution is 4.86. The van der Waals surface area contributed by atoms with Gasteiger partial charge in [-0.25, -0.2) is 0 Å². The maximum atomic E-state index is 3.75. The average molecular weight is 252 g/mol. The van der Waals surface area contributed by atoms with Gasteiger partial charge in [0.05, 0.1) is 0 Å². The van der Waals surface area contributed by atoms with Gasteiger partial charge in [0.15, 0.2) is 0 Å². The van der Waals surface area contributed by atoms with E-state index in [1.54, 1.807) is 0 Å². The molecule has 1 saturated carbocycles. The topological polar surface area (TPSA) is 15.3 Å². The third kappa shape index (κ3) is 3.71. The van der Waals surface area contributed by atoms with Gasteiger partial charge in [0, 0.05) is 18.6 Å². The van der Waals surface area contributed by atoms with Crippen LogP contribution in [-0.2, 0) is 0 Å². The Morgan fingerprint density at radius 1 is 1.00 bits per heavy atom. The first-order valence-corrected chi connectivity index (χ1v) is 8.32. The van der Waals surface area contributed by atoms with Crippen molar-refractivity contribution in [3.63, 3.8) is 0 Å². The molecule has 2 aliphatic rings. The molecule has 1 N–H and O–H groups in total. The van der Waals surface area contributed by atoms with E-state index in [1.807, 2.05) is 0 Å². The van der Waals surface area contributed by atoms with E-state index < -0.39 is 0 Å². The number of hydrogen-bond donors (Lipinski definition) is 1. The van der Waals surface area contributed by atoms with Gasteiger partial charge in [0.25, 0.3) is 0 Å². The zero-order valence-electron chi connectivity index (χ0n) is 12.5. The van der Waals surface area contributed by atoms with Crippen molar-refractivity contribution in [1.29, 1.82) is 0 Å². The summed E-state index contributed by atoms with van der Waals surface area (Å²) in [5, 5.41) is 3.75. The normalized spacial score (nSPS) is 34.7. The number of likely N-dealkylation sites (tertiary alicyclic amines) is 1. The average Bonchev–Trinajstić information content (AvgIpc) is 2.72. The standard InChI is InChI=1S/C16H32N2/c1-3-15-10-8-12-18(15)13-14-9-6-5-7-11-16(14)17-4-2/h14-17H,3-13H2,1-2H3. The Morgan fingerprint density at radius 2 is 1.83 bits per heavy atom. The van der Waals surface area contributed by atoms with Crippen LogP contribution >= 0.6 is 0 Å². The van der Waals surface area contributed by atoms with Crippen LogP contribution in [0.1, 0.15) is 65.2 Å². The van der Waals surface area contributed by atoms with Crippen LogP contribution < -0.4 is 5.32 Å². The smallest absolute Gasteiger partial charge is 0.0107 e. The minimum absolute atomic E-state index is 0.788. The van der Waals surface area contributed by atoms with Crippen molar-refractivity contribution < 1.29 is 0 Å². The van der Waals surface area contributed by atoms with E-state index in [0.29, 0.717) is 0 Å². The van der Waals surface area contributed by atoms with E-state index in [0.717, 1.165) is 24.5 Å². The molecule has 1 aliphatic carbocycles. The molecule has 0 spiro atoms. The Bertz CT molecular complexity index is 229. The lowest BCUT2D eigenvalue weighted by Gasteiger charge is -2.32. The zero-order chi connectivity index (χ0) is 12.8. The van der Waals surface area contributed by atoms with Crippen LogP contribution in [0.5, 0.6) is 0 Å². The quantitative estimate of drug-likeness (QED) is 0.754. The highest BCUT2D eigenvalue weighted by Gasteiger charge is 2.29. The number of hydrogen-bond acceptors (Lipinski definition) is 2. The van der Waals surface area contributed by atoms with E-state index in [2.05, 4.69) is 24.1 Å². The molecule has 0 amide bonds. The molecule has 3 atom stereocenters. The number of nitrogens with one attached hydrogen (secondary N) is 1. The molecule has 106 valence electrons. The van der Waals surface area contributed by atoms with Crippen LogP contribution in [0, 0.1) is 5.92 Å². The fraction of sp³-hybridized carbons (Fsp3) is 1.00. The first-order valence-electron chi connectivity index (χ1n) is 8.32. The molecule has 1 aliphatic heterocycles. The van der Waals surface area contributed by atoms with E-state index in [1.165, 1.54) is 64.5 Å². The summed E-state index contributed by atoms with van der Waals surface area (Å²) in [5.41, 5.74) is 0. The Balaban J connectivity index is 1.90. The third-order valence-electron chi connectivity index (χ3n) is 5.06. The lowest BCUT2D eigenvalue weighted by Crippen LogP contribution is -2.43. The van der Waals surface area contributed by atoms with Crippen LogP contribution in [0.2, 0.25) is 0 Å². The van der Waals surface area contributed by atoms with E-state index in [4.69, 9.17) is 0 Å². The molecule has 2 rings (SSSR count). The monoisotopic (exact) mass is 252 g/mol. The summed E-state index contributed by atoms with van der Waals surface area (Å²) < 4.78 is 0. The highest BCUT2D eigenvalue weighted by atomic mass is 15.2. The first-order chi connectivity index (χ1) is 8.85. The largest absolute Gasteiger partial charge is 0.314 e. The molecule has 1 heterocycles. The van der Waals surface area contributed by atoms with Crippen molar-refractivity contribution in [2.24, 2.45) is 5.92 Å². The van der Waals surface area contributed by atoms with Gasteiger partial charge in [-0.2, -0.15) is 0 Å².